The highest BCUT2D eigenvalue weighted by Crippen LogP contribution is 2.13. The van der Waals surface area contributed by atoms with Crippen molar-refractivity contribution in [3.05, 3.63) is 71.3 Å². The van der Waals surface area contributed by atoms with E-state index in [2.05, 4.69) is 54.4 Å². The average molecular weight is 239 g/mol. The average Bonchev–Trinajstić information content (AvgIpc) is 2.38. The Labute approximate surface area is 110 Å². The van der Waals surface area contributed by atoms with Crippen LogP contribution in [0.3, 0.4) is 0 Å². The first kappa shape index (κ1) is 14.2. The highest BCUT2D eigenvalue weighted by molar-refractivity contribution is 5.71. The smallest absolute Gasteiger partial charge is 0.0277 e. The molecule has 0 aliphatic carbocycles. The first-order chi connectivity index (χ1) is 8.77. The van der Waals surface area contributed by atoms with Crippen LogP contribution in [0, 0.1) is 6.92 Å². The Morgan fingerprint density at radius 3 is 2.67 bits per heavy atom. The zero-order valence-electron chi connectivity index (χ0n) is 11.4. The van der Waals surface area contributed by atoms with E-state index < -0.39 is 0 Å². The number of hydrogen-bond donors (Lipinski definition) is 0. The first-order valence-corrected chi connectivity index (χ1v) is 6.23. The summed E-state index contributed by atoms with van der Waals surface area (Å²) in [5, 5.41) is 0. The van der Waals surface area contributed by atoms with Crippen LogP contribution in [0.5, 0.6) is 0 Å². The van der Waals surface area contributed by atoms with Gasteiger partial charge in [-0.3, -0.25) is 4.99 Å². The van der Waals surface area contributed by atoms with Crippen LogP contribution < -0.4 is 0 Å². The number of nitrogens with zero attached hydrogens (tertiary/aromatic N) is 1. The fourth-order valence-corrected chi connectivity index (χ4v) is 1.67. The van der Waals surface area contributed by atoms with E-state index in [1.807, 2.05) is 19.1 Å². The van der Waals surface area contributed by atoms with E-state index in [4.69, 9.17) is 0 Å². The summed E-state index contributed by atoms with van der Waals surface area (Å²) >= 11 is 0. The van der Waals surface area contributed by atoms with E-state index in [1.54, 1.807) is 13.3 Å². The molecule has 1 aromatic rings. The van der Waals surface area contributed by atoms with Crippen molar-refractivity contribution in [3.8, 4) is 0 Å². The lowest BCUT2D eigenvalue weighted by molar-refractivity contribution is 1.16. The van der Waals surface area contributed by atoms with Gasteiger partial charge in [0.25, 0.3) is 0 Å². The Bertz CT molecular complexity index is 476. The minimum Gasteiger partial charge on any atom is -0.297 e. The molecule has 0 unspecified atom stereocenters. The lowest BCUT2D eigenvalue weighted by atomic mass is 10.00. The molecule has 0 bridgehead atoms. The van der Waals surface area contributed by atoms with Crippen LogP contribution in [-0.4, -0.2) is 13.3 Å². The number of aliphatic imine (C=N–C) groups is 1. The van der Waals surface area contributed by atoms with Crippen LogP contribution in [0.25, 0.3) is 0 Å². The Hall–Kier alpha value is -1.89. The molecule has 0 saturated carbocycles. The Morgan fingerprint density at radius 2 is 2.00 bits per heavy atom. The number of rotatable bonds is 5. The highest BCUT2D eigenvalue weighted by Gasteiger charge is 1.98. The summed E-state index contributed by atoms with van der Waals surface area (Å²) in [6.45, 7) is 4.18. The lowest BCUT2D eigenvalue weighted by Gasteiger charge is -2.05. The number of aryl methyl sites for hydroxylation is 1. The second kappa shape index (κ2) is 8.24. The number of allylic oxidation sites excluding steroid dienone is 6. The maximum absolute atomic E-state index is 3.96. The lowest BCUT2D eigenvalue weighted by Crippen LogP contribution is -1.91. The molecule has 1 nitrogen and oxygen atoms in total. The summed E-state index contributed by atoms with van der Waals surface area (Å²) in [4.78, 5) is 3.96. The van der Waals surface area contributed by atoms with Crippen molar-refractivity contribution in [1.29, 1.82) is 0 Å². The molecule has 0 saturated heterocycles. The van der Waals surface area contributed by atoms with Gasteiger partial charge >= 0.3 is 0 Å². The molecular weight excluding hydrogens is 218 g/mol. The van der Waals surface area contributed by atoms with Gasteiger partial charge in [0.1, 0.15) is 0 Å². The van der Waals surface area contributed by atoms with Crippen LogP contribution in [0.4, 0.5) is 0 Å². The molecule has 94 valence electrons. The molecule has 1 rings (SSSR count). The second-order valence-electron chi connectivity index (χ2n) is 4.14. The van der Waals surface area contributed by atoms with Crippen molar-refractivity contribution in [2.75, 3.05) is 7.05 Å². The predicted octanol–water partition coefficient (Wildman–Crippen LogP) is 4.30. The molecule has 0 N–H and O–H groups in total. The Morgan fingerprint density at radius 1 is 1.22 bits per heavy atom. The van der Waals surface area contributed by atoms with E-state index in [0.29, 0.717) is 0 Å². The maximum atomic E-state index is 3.96. The van der Waals surface area contributed by atoms with E-state index in [-0.39, 0.29) is 0 Å². The number of benzene rings is 1. The second-order valence-corrected chi connectivity index (χ2v) is 4.14. The maximum Gasteiger partial charge on any atom is 0.0277 e. The largest absolute Gasteiger partial charge is 0.297 e. The SMILES string of the molecule is C\C=C/C=C(/C=C/C=NC)Cc1ccccc1C. The van der Waals surface area contributed by atoms with Crippen molar-refractivity contribution >= 4 is 6.21 Å². The molecule has 0 aliphatic heterocycles. The normalized spacial score (nSPS) is 13.2. The van der Waals surface area contributed by atoms with Crippen molar-refractivity contribution < 1.29 is 0 Å². The van der Waals surface area contributed by atoms with Crippen molar-refractivity contribution in [3.63, 3.8) is 0 Å². The summed E-state index contributed by atoms with van der Waals surface area (Å²) in [6.07, 6.45) is 13.1. The van der Waals surface area contributed by atoms with E-state index in [0.717, 1.165) is 6.42 Å². The van der Waals surface area contributed by atoms with Crippen molar-refractivity contribution in [2.24, 2.45) is 4.99 Å². The van der Waals surface area contributed by atoms with Gasteiger partial charge in [0.15, 0.2) is 0 Å². The molecule has 1 heteroatoms. The molecule has 0 fully saturated rings. The zero-order chi connectivity index (χ0) is 13.2. The summed E-state index contributed by atoms with van der Waals surface area (Å²) in [5.41, 5.74) is 3.98. The van der Waals surface area contributed by atoms with Gasteiger partial charge in [-0.15, -0.1) is 0 Å². The Balaban J connectivity index is 2.88. The van der Waals surface area contributed by atoms with E-state index >= 15 is 0 Å². The summed E-state index contributed by atoms with van der Waals surface area (Å²) in [7, 11) is 1.78. The van der Waals surface area contributed by atoms with Gasteiger partial charge in [-0.2, -0.15) is 0 Å². The molecular formula is C17H21N. The van der Waals surface area contributed by atoms with Gasteiger partial charge in [0, 0.05) is 13.3 Å². The van der Waals surface area contributed by atoms with Crippen LogP contribution in [-0.2, 0) is 6.42 Å². The fraction of sp³-hybridized carbons (Fsp3) is 0.235. The predicted molar refractivity (Wildman–Crippen MR) is 81.3 cm³/mol. The van der Waals surface area contributed by atoms with Gasteiger partial charge in [0.05, 0.1) is 0 Å². The molecule has 0 aromatic heterocycles. The molecule has 0 atom stereocenters. The molecule has 18 heavy (non-hydrogen) atoms. The first-order valence-electron chi connectivity index (χ1n) is 6.23. The van der Waals surface area contributed by atoms with Crippen LogP contribution in [0.15, 0.2) is 65.2 Å². The summed E-state index contributed by atoms with van der Waals surface area (Å²) in [5.74, 6) is 0. The molecule has 0 spiro atoms. The minimum absolute atomic E-state index is 0.949. The molecule has 0 radical (unpaired) electrons. The van der Waals surface area contributed by atoms with Crippen molar-refractivity contribution in [1.82, 2.24) is 0 Å². The third kappa shape index (κ3) is 4.96. The summed E-state index contributed by atoms with van der Waals surface area (Å²) < 4.78 is 0. The fourth-order valence-electron chi connectivity index (χ4n) is 1.67. The van der Waals surface area contributed by atoms with Gasteiger partial charge in [-0.25, -0.2) is 0 Å². The van der Waals surface area contributed by atoms with Crippen LogP contribution in [0.2, 0.25) is 0 Å². The van der Waals surface area contributed by atoms with E-state index in [1.165, 1.54) is 16.7 Å². The van der Waals surface area contributed by atoms with Gasteiger partial charge < -0.3 is 0 Å². The molecule has 0 heterocycles. The third-order valence-corrected chi connectivity index (χ3v) is 2.70. The number of hydrogen-bond acceptors (Lipinski definition) is 1. The highest BCUT2D eigenvalue weighted by atomic mass is 14.6. The Kier molecular flexibility index (Phi) is 6.49. The molecule has 0 aliphatic rings. The minimum atomic E-state index is 0.949. The summed E-state index contributed by atoms with van der Waals surface area (Å²) in [6, 6.07) is 8.50. The monoisotopic (exact) mass is 239 g/mol. The van der Waals surface area contributed by atoms with Gasteiger partial charge in [-0.1, -0.05) is 48.6 Å². The third-order valence-electron chi connectivity index (χ3n) is 2.70. The molecule has 0 amide bonds. The van der Waals surface area contributed by atoms with Crippen molar-refractivity contribution in [2.45, 2.75) is 20.3 Å². The molecule has 1 aromatic carbocycles. The quantitative estimate of drug-likeness (QED) is 0.536. The van der Waals surface area contributed by atoms with Gasteiger partial charge in [-0.05, 0) is 43.0 Å². The van der Waals surface area contributed by atoms with Crippen LogP contribution >= 0.6 is 0 Å². The standard InChI is InChI=1S/C17H21N/c1-4-5-10-16(11-8-13-18-3)14-17-12-7-6-9-15(17)2/h4-13H,14H2,1-3H3/b5-4-,11-8+,16-10-,18-13?. The van der Waals surface area contributed by atoms with E-state index in [9.17, 15) is 0 Å². The zero-order valence-corrected chi connectivity index (χ0v) is 11.4. The van der Waals surface area contributed by atoms with Gasteiger partial charge in [0.2, 0.25) is 0 Å². The van der Waals surface area contributed by atoms with Crippen LogP contribution in [0.1, 0.15) is 18.1 Å². The topological polar surface area (TPSA) is 12.4 Å².